The molecule has 0 bridgehead atoms. The van der Waals surface area contributed by atoms with Crippen LogP contribution in [0, 0.1) is 27.7 Å². The number of carbonyl (C=O) groups is 2. The molecule has 0 aromatic carbocycles. The molecule has 0 unspecified atom stereocenters. The molecule has 4 aliphatic heterocycles. The lowest BCUT2D eigenvalue weighted by Gasteiger charge is -2.32. The number of hydrogen-bond donors (Lipinski definition) is 4. The zero-order valence-electron chi connectivity index (χ0n) is 50.5. The van der Waals surface area contributed by atoms with E-state index in [1.807, 2.05) is 26.0 Å². The highest BCUT2D eigenvalue weighted by atomic mass is 16.6. The van der Waals surface area contributed by atoms with Gasteiger partial charge in [0.2, 0.25) is 11.8 Å². The van der Waals surface area contributed by atoms with Gasteiger partial charge in [-0.25, -0.2) is 20.0 Å². The molecule has 80 heavy (non-hydrogen) atoms. The van der Waals surface area contributed by atoms with E-state index in [2.05, 4.69) is 151 Å². The summed E-state index contributed by atoms with van der Waals surface area (Å²) in [5.74, 6) is 1.06. The second kappa shape index (κ2) is 23.8. The lowest BCUT2D eigenvalue weighted by molar-refractivity contribution is -0.114. The highest BCUT2D eigenvalue weighted by Gasteiger charge is 2.35. The molecule has 0 spiro atoms. The van der Waals surface area contributed by atoms with Crippen LogP contribution in [0.4, 0.5) is 0 Å². The first kappa shape index (κ1) is 57.3. The van der Waals surface area contributed by atoms with Gasteiger partial charge in [0.25, 0.3) is 11.8 Å². The zero-order valence-corrected chi connectivity index (χ0v) is 50.5. The van der Waals surface area contributed by atoms with Gasteiger partial charge in [-0.2, -0.15) is 0 Å². The van der Waals surface area contributed by atoms with Crippen LogP contribution < -0.4 is 21.4 Å². The van der Waals surface area contributed by atoms with E-state index < -0.39 is 0 Å². The standard InChI is InChI=1S/C68H84N8O4/c1-17-43-35(9)51(29-59-47(21-5)39(13)65(77)73-59)69-55(43)33-57-45(19-3)37(11)53(71-57)31-61-49(23-7)41(15)67(75-61)79-63-27-25-26-28-64(63)80-68-42(16)50(24-8)62(76-68)32-54-38(12)46(20-4)58(72-54)34-56-44(18-2)36(10)52(70-56)30-60-48(22-6)40(14)66(78)74-60/h29-34,63-64,69-72H,17-28H2,1-16H3/b51-29+,52-30+,55-33-,56-34-,61-31-,62-32+/t63-,64-/m0/s1. The minimum Gasteiger partial charge on any atom is -0.470 e. The highest BCUT2D eigenvalue weighted by Crippen LogP contribution is 2.37. The van der Waals surface area contributed by atoms with Crippen LogP contribution in [0.25, 0.3) is 36.5 Å². The summed E-state index contributed by atoms with van der Waals surface area (Å²) in [6.45, 7) is 34.1. The molecule has 1 saturated carbocycles. The predicted molar refractivity (Wildman–Crippen MR) is 330 cm³/mol. The van der Waals surface area contributed by atoms with Crippen molar-refractivity contribution in [3.63, 3.8) is 0 Å². The van der Waals surface area contributed by atoms with Crippen LogP contribution in [0.3, 0.4) is 0 Å². The second-order valence-electron chi connectivity index (χ2n) is 22.1. The maximum absolute atomic E-state index is 12.5. The van der Waals surface area contributed by atoms with Crippen molar-refractivity contribution < 1.29 is 19.1 Å². The molecule has 2 amide bonds. The maximum Gasteiger partial charge on any atom is 0.273 e. The smallest absolute Gasteiger partial charge is 0.273 e. The molecule has 5 aliphatic rings. The Labute approximate surface area is 473 Å². The number of hydrogen-bond acceptors (Lipinski definition) is 6. The lowest BCUT2D eigenvalue weighted by Crippen LogP contribution is -2.37. The molecule has 1 aliphatic carbocycles. The van der Waals surface area contributed by atoms with Gasteiger partial charge >= 0.3 is 0 Å². The van der Waals surface area contributed by atoms with Gasteiger partial charge in [0.15, 0.2) is 0 Å². The van der Waals surface area contributed by atoms with Crippen molar-refractivity contribution in [2.75, 3.05) is 0 Å². The Hall–Kier alpha value is -7.34. The van der Waals surface area contributed by atoms with E-state index in [4.69, 9.17) is 19.5 Å². The fourth-order valence-electron chi connectivity index (χ4n) is 12.9. The largest absolute Gasteiger partial charge is 0.470 e. The molecule has 0 saturated heterocycles. The van der Waals surface area contributed by atoms with E-state index >= 15 is 0 Å². The Morgan fingerprint density at radius 3 is 1.09 bits per heavy atom. The summed E-state index contributed by atoms with van der Waals surface area (Å²) in [7, 11) is 0. The fraction of sp³-hybridized carbons (Fsp3) is 0.441. The number of aromatic nitrogens is 4. The molecule has 8 heterocycles. The normalized spacial score (nSPS) is 20.9. The number of nitrogens with one attached hydrogen (secondary N) is 4. The first-order valence-electron chi connectivity index (χ1n) is 29.7. The van der Waals surface area contributed by atoms with Crippen LogP contribution in [-0.2, 0) is 44.7 Å². The summed E-state index contributed by atoms with van der Waals surface area (Å²) in [6.07, 6.45) is 23.1. The molecule has 4 aromatic heterocycles. The third kappa shape index (κ3) is 10.6. The number of aliphatic imine (C=N–C) groups is 4. The van der Waals surface area contributed by atoms with Crippen molar-refractivity contribution in [2.45, 2.75) is 200 Å². The lowest BCUT2D eigenvalue weighted by atomic mass is 9.94. The van der Waals surface area contributed by atoms with E-state index in [9.17, 15) is 9.59 Å². The van der Waals surface area contributed by atoms with Crippen molar-refractivity contribution in [1.82, 2.24) is 19.9 Å². The Morgan fingerprint density at radius 2 is 0.750 bits per heavy atom. The van der Waals surface area contributed by atoms with Crippen molar-refractivity contribution in [2.24, 2.45) is 20.0 Å². The Kier molecular flexibility index (Phi) is 17.0. The first-order chi connectivity index (χ1) is 38.4. The van der Waals surface area contributed by atoms with Gasteiger partial charge in [0.1, 0.15) is 12.2 Å². The summed E-state index contributed by atoms with van der Waals surface area (Å²) in [4.78, 5) is 59.3. The van der Waals surface area contributed by atoms with Gasteiger partial charge in [0.05, 0.1) is 22.8 Å². The fourth-order valence-corrected chi connectivity index (χ4v) is 12.9. The second-order valence-corrected chi connectivity index (χ2v) is 22.1. The van der Waals surface area contributed by atoms with Gasteiger partial charge in [-0.1, -0.05) is 55.4 Å². The van der Waals surface area contributed by atoms with Gasteiger partial charge < -0.3 is 29.4 Å². The van der Waals surface area contributed by atoms with Crippen molar-refractivity contribution in [1.29, 1.82) is 0 Å². The van der Waals surface area contributed by atoms with Crippen LogP contribution in [0.5, 0.6) is 0 Å². The third-order valence-corrected chi connectivity index (χ3v) is 17.7. The van der Waals surface area contributed by atoms with Gasteiger partial charge in [-0.15, -0.1) is 0 Å². The number of H-pyrrole nitrogens is 4. The predicted octanol–water partition coefficient (Wildman–Crippen LogP) is 12.1. The van der Waals surface area contributed by atoms with Gasteiger partial charge in [-0.05, 0) is 236 Å². The summed E-state index contributed by atoms with van der Waals surface area (Å²) < 4.78 is 14.0. The average Bonchev–Trinajstić information content (AvgIpc) is 4.33. The van der Waals surface area contributed by atoms with Crippen LogP contribution in [0.15, 0.2) is 75.9 Å². The Morgan fingerprint density at radius 1 is 0.388 bits per heavy atom. The number of rotatable bonds is 16. The molecule has 420 valence electrons. The number of allylic oxidation sites excluding steroid dienone is 4. The monoisotopic (exact) mass is 1080 g/mol. The van der Waals surface area contributed by atoms with Crippen molar-refractivity contribution >= 4 is 71.5 Å². The third-order valence-electron chi connectivity index (χ3n) is 17.7. The molecule has 2 atom stereocenters. The number of ether oxygens (including phenoxy) is 2. The molecule has 4 N–H and O–H groups in total. The minimum absolute atomic E-state index is 0.143. The highest BCUT2D eigenvalue weighted by molar-refractivity contribution is 6.31. The van der Waals surface area contributed by atoms with E-state index in [1.54, 1.807) is 0 Å². The first-order valence-corrected chi connectivity index (χ1v) is 29.7. The van der Waals surface area contributed by atoms with Crippen LogP contribution in [-0.4, -0.2) is 67.2 Å². The molecule has 9 rings (SSSR count). The van der Waals surface area contributed by atoms with E-state index in [-0.39, 0.29) is 24.0 Å². The summed E-state index contributed by atoms with van der Waals surface area (Å²) in [6, 6.07) is 0. The molecule has 1 fully saturated rings. The summed E-state index contributed by atoms with van der Waals surface area (Å²) in [5, 5.41) is 4.09. The van der Waals surface area contributed by atoms with Crippen molar-refractivity contribution in [3.8, 4) is 0 Å². The van der Waals surface area contributed by atoms with E-state index in [0.29, 0.717) is 11.8 Å². The van der Waals surface area contributed by atoms with Crippen LogP contribution in [0.2, 0.25) is 0 Å². The number of carbonyl (C=O) groups excluding carboxylic acids is 2. The topological polar surface area (TPSA) is 165 Å². The average molecular weight is 1080 g/mol. The van der Waals surface area contributed by atoms with Crippen LogP contribution in [0.1, 0.15) is 202 Å². The Balaban J connectivity index is 0.976. The Bertz CT molecular complexity index is 3580. The van der Waals surface area contributed by atoms with Gasteiger partial charge in [-0.3, -0.25) is 9.59 Å². The molecule has 4 aromatic rings. The SMILES string of the molecule is CCC1=C(C)C(=O)N=C1/C=c1/[nH]/c(=C\c2[nH]c(/C=C3\N=C(O[C@H]4CCCC[C@@H]4OC4=N/C(=C/c5[nH]c(/C=c6\[nH]/c(=C/C7=NC(=O)C(C)=C7CC)c(C)c6CC)c(CC)c5C)C(CC)=C4C)C(C)=C3CC)c(C)c2CC)c(CC)c1C. The minimum atomic E-state index is -0.181. The van der Waals surface area contributed by atoms with E-state index in [1.165, 1.54) is 55.7 Å². The maximum atomic E-state index is 12.5. The molecule has 12 heteroatoms. The number of aromatic amines is 4. The van der Waals surface area contributed by atoms with Crippen LogP contribution >= 0.6 is 0 Å². The molecular weight excluding hydrogens is 993 g/mol. The van der Waals surface area contributed by atoms with E-state index in [0.717, 1.165) is 177 Å². The number of amides is 2. The zero-order chi connectivity index (χ0) is 57.4. The molecule has 0 radical (unpaired) electrons. The quantitative estimate of drug-likeness (QED) is 0.0878. The number of nitrogens with zero attached hydrogens (tertiary/aromatic N) is 4. The summed E-state index contributed by atoms with van der Waals surface area (Å²) in [5.41, 5.74) is 25.4. The van der Waals surface area contributed by atoms with Gasteiger partial charge in [0, 0.05) is 66.5 Å². The molecule has 12 nitrogen and oxygen atoms in total. The molecular formula is C68H84N8O4. The van der Waals surface area contributed by atoms with Crippen molar-refractivity contribution in [3.05, 3.63) is 145 Å². The summed E-state index contributed by atoms with van der Waals surface area (Å²) >= 11 is 0.